The molecule has 0 spiro atoms. The minimum atomic E-state index is -0.203. The van der Waals surface area contributed by atoms with Crippen LogP contribution in [0.25, 0.3) is 0 Å². The van der Waals surface area contributed by atoms with Crippen LogP contribution in [0.4, 0.5) is 0 Å². The molecule has 1 N–H and O–H groups in total. The molecule has 1 fully saturated rings. The van der Waals surface area contributed by atoms with Gasteiger partial charge in [-0.05, 0) is 55.8 Å². The maximum absolute atomic E-state index is 13.0. The second-order valence-corrected chi connectivity index (χ2v) is 6.62. The molecule has 1 aromatic heterocycles. The molecule has 1 aliphatic heterocycles. The van der Waals surface area contributed by atoms with E-state index in [-0.39, 0.29) is 17.9 Å². The van der Waals surface area contributed by atoms with Gasteiger partial charge in [-0.25, -0.2) is 0 Å². The Balaban J connectivity index is 1.91. The minimum absolute atomic E-state index is 0.0785. The number of nitrogens with zero attached hydrogens (tertiary/aromatic N) is 2. The predicted molar refractivity (Wildman–Crippen MR) is 95.9 cm³/mol. The maximum Gasteiger partial charge on any atom is 0.226 e. The van der Waals surface area contributed by atoms with Gasteiger partial charge in [0.2, 0.25) is 5.91 Å². The number of pyridine rings is 1. The summed E-state index contributed by atoms with van der Waals surface area (Å²) < 4.78 is 0. The van der Waals surface area contributed by atoms with Gasteiger partial charge in [0.05, 0.1) is 11.7 Å². The first kappa shape index (κ1) is 16.9. The molecule has 24 heavy (non-hydrogen) atoms. The van der Waals surface area contributed by atoms with Crippen molar-refractivity contribution in [3.05, 3.63) is 64.9 Å². The van der Waals surface area contributed by atoms with Crippen molar-refractivity contribution in [1.82, 2.24) is 15.2 Å². The van der Waals surface area contributed by atoms with Crippen LogP contribution in [0.5, 0.6) is 0 Å². The SMILES string of the molecule is CN(C(=O)C1CCNCC1)[C@@H](c1ccc(Cl)cc1)c1ccccn1. The number of carbonyl (C=O) groups is 1. The molecule has 0 unspecified atom stereocenters. The van der Waals surface area contributed by atoms with Gasteiger partial charge in [0.25, 0.3) is 0 Å². The number of carbonyl (C=O) groups excluding carboxylic acids is 1. The first-order valence-corrected chi connectivity index (χ1v) is 8.68. The Morgan fingerprint density at radius 3 is 2.54 bits per heavy atom. The number of piperidine rings is 1. The Labute approximate surface area is 147 Å². The largest absolute Gasteiger partial charge is 0.333 e. The maximum atomic E-state index is 13.0. The van der Waals surface area contributed by atoms with Gasteiger partial charge in [0.15, 0.2) is 0 Å². The Bertz CT molecular complexity index is 669. The molecular formula is C19H22ClN3O. The van der Waals surface area contributed by atoms with Crippen molar-refractivity contribution in [2.24, 2.45) is 5.92 Å². The monoisotopic (exact) mass is 343 g/mol. The lowest BCUT2D eigenvalue weighted by Crippen LogP contribution is -2.41. The van der Waals surface area contributed by atoms with Crippen molar-refractivity contribution in [2.45, 2.75) is 18.9 Å². The van der Waals surface area contributed by atoms with E-state index in [1.54, 1.807) is 6.20 Å². The molecule has 0 aliphatic carbocycles. The summed E-state index contributed by atoms with van der Waals surface area (Å²) in [5.41, 5.74) is 1.88. The molecule has 2 aromatic rings. The van der Waals surface area contributed by atoms with Crippen molar-refractivity contribution >= 4 is 17.5 Å². The van der Waals surface area contributed by atoms with Gasteiger partial charge in [0.1, 0.15) is 0 Å². The summed E-state index contributed by atoms with van der Waals surface area (Å²) in [4.78, 5) is 19.3. The second kappa shape index (κ2) is 7.77. The lowest BCUT2D eigenvalue weighted by Gasteiger charge is -2.33. The van der Waals surface area contributed by atoms with Gasteiger partial charge in [-0.1, -0.05) is 29.8 Å². The first-order chi connectivity index (χ1) is 11.7. The van der Waals surface area contributed by atoms with E-state index in [2.05, 4.69) is 10.3 Å². The van der Waals surface area contributed by atoms with Crippen molar-refractivity contribution in [3.8, 4) is 0 Å². The third kappa shape index (κ3) is 3.77. The lowest BCUT2D eigenvalue weighted by molar-refractivity contribution is -0.136. The summed E-state index contributed by atoms with van der Waals surface area (Å²) >= 11 is 6.02. The number of hydrogen-bond acceptors (Lipinski definition) is 3. The van der Waals surface area contributed by atoms with Crippen LogP contribution in [0.3, 0.4) is 0 Å². The fourth-order valence-corrected chi connectivity index (χ4v) is 3.39. The van der Waals surface area contributed by atoms with E-state index >= 15 is 0 Å². The van der Waals surface area contributed by atoms with Crippen molar-refractivity contribution in [2.75, 3.05) is 20.1 Å². The Morgan fingerprint density at radius 1 is 1.21 bits per heavy atom. The smallest absolute Gasteiger partial charge is 0.226 e. The standard InChI is InChI=1S/C19H22ClN3O/c1-23(19(24)15-9-12-21-13-10-15)18(17-4-2-3-11-22-17)14-5-7-16(20)8-6-14/h2-8,11,15,18,21H,9-10,12-13H2,1H3/t18-/m0/s1. The summed E-state index contributed by atoms with van der Waals surface area (Å²) in [5, 5.41) is 4.00. The minimum Gasteiger partial charge on any atom is -0.333 e. The van der Waals surface area contributed by atoms with Crippen LogP contribution in [-0.4, -0.2) is 35.9 Å². The van der Waals surface area contributed by atoms with Crippen molar-refractivity contribution in [3.63, 3.8) is 0 Å². The Hall–Kier alpha value is -1.91. The van der Waals surface area contributed by atoms with Crippen LogP contribution in [0, 0.1) is 5.92 Å². The topological polar surface area (TPSA) is 45.2 Å². The number of amides is 1. The molecule has 0 saturated carbocycles. The quantitative estimate of drug-likeness (QED) is 0.926. The molecular weight excluding hydrogens is 322 g/mol. The number of benzene rings is 1. The average Bonchev–Trinajstić information content (AvgIpc) is 2.64. The van der Waals surface area contributed by atoms with Crippen molar-refractivity contribution < 1.29 is 4.79 Å². The molecule has 5 heteroatoms. The number of hydrogen-bond donors (Lipinski definition) is 1. The average molecular weight is 344 g/mol. The highest BCUT2D eigenvalue weighted by atomic mass is 35.5. The fourth-order valence-electron chi connectivity index (χ4n) is 3.26. The summed E-state index contributed by atoms with van der Waals surface area (Å²) in [6, 6.07) is 13.2. The van der Waals surface area contributed by atoms with Gasteiger partial charge >= 0.3 is 0 Å². The normalized spacial score (nSPS) is 16.6. The van der Waals surface area contributed by atoms with Crippen LogP contribution in [-0.2, 0) is 4.79 Å². The van der Waals surface area contributed by atoms with Crippen LogP contribution in [0.2, 0.25) is 5.02 Å². The number of aromatic nitrogens is 1. The van der Waals surface area contributed by atoms with Crippen molar-refractivity contribution in [1.29, 1.82) is 0 Å². The van der Waals surface area contributed by atoms with Crippen LogP contribution in [0.15, 0.2) is 48.7 Å². The third-order valence-corrected chi connectivity index (χ3v) is 4.83. The molecule has 3 rings (SSSR count). The number of halogens is 1. The molecule has 1 saturated heterocycles. The number of rotatable bonds is 4. The molecule has 0 radical (unpaired) electrons. The van der Waals surface area contributed by atoms with E-state index in [0.29, 0.717) is 5.02 Å². The van der Waals surface area contributed by atoms with Gasteiger partial charge in [-0.2, -0.15) is 0 Å². The highest BCUT2D eigenvalue weighted by Crippen LogP contribution is 2.29. The van der Waals surface area contributed by atoms with E-state index in [4.69, 9.17) is 11.6 Å². The lowest BCUT2D eigenvalue weighted by atomic mass is 9.94. The van der Waals surface area contributed by atoms with Gasteiger partial charge < -0.3 is 10.2 Å². The highest BCUT2D eigenvalue weighted by Gasteiger charge is 2.30. The van der Waals surface area contributed by atoms with E-state index in [0.717, 1.165) is 37.2 Å². The molecule has 1 atom stereocenters. The van der Waals surface area contributed by atoms with Gasteiger partial charge in [-0.15, -0.1) is 0 Å². The summed E-state index contributed by atoms with van der Waals surface area (Å²) in [6.07, 6.45) is 3.54. The molecule has 1 amide bonds. The van der Waals surface area contributed by atoms with Crippen LogP contribution in [0.1, 0.15) is 30.1 Å². The van der Waals surface area contributed by atoms with E-state index in [1.807, 2.05) is 54.4 Å². The van der Waals surface area contributed by atoms with Gasteiger partial charge in [0, 0.05) is 24.2 Å². The van der Waals surface area contributed by atoms with E-state index in [1.165, 1.54) is 0 Å². The van der Waals surface area contributed by atoms with Gasteiger partial charge in [-0.3, -0.25) is 9.78 Å². The van der Waals surface area contributed by atoms with E-state index in [9.17, 15) is 4.79 Å². The van der Waals surface area contributed by atoms with E-state index < -0.39 is 0 Å². The zero-order valence-electron chi connectivity index (χ0n) is 13.8. The predicted octanol–water partition coefficient (Wildman–Crippen LogP) is 3.28. The van der Waals surface area contributed by atoms with Crippen LogP contribution >= 0.6 is 11.6 Å². The third-order valence-electron chi connectivity index (χ3n) is 4.58. The number of nitrogens with one attached hydrogen (secondary N) is 1. The first-order valence-electron chi connectivity index (χ1n) is 8.30. The highest BCUT2D eigenvalue weighted by molar-refractivity contribution is 6.30. The zero-order valence-corrected chi connectivity index (χ0v) is 14.5. The Morgan fingerprint density at radius 2 is 1.92 bits per heavy atom. The second-order valence-electron chi connectivity index (χ2n) is 6.18. The molecule has 0 bridgehead atoms. The fraction of sp³-hybridized carbons (Fsp3) is 0.368. The molecule has 4 nitrogen and oxygen atoms in total. The molecule has 2 heterocycles. The molecule has 126 valence electrons. The molecule has 1 aliphatic rings. The Kier molecular flexibility index (Phi) is 5.48. The van der Waals surface area contributed by atoms with Crippen LogP contribution < -0.4 is 5.32 Å². The molecule has 1 aromatic carbocycles. The summed E-state index contributed by atoms with van der Waals surface area (Å²) in [6.45, 7) is 1.80. The summed E-state index contributed by atoms with van der Waals surface area (Å²) in [7, 11) is 1.87. The summed E-state index contributed by atoms with van der Waals surface area (Å²) in [5.74, 6) is 0.261. The zero-order chi connectivity index (χ0) is 16.9.